The molecule has 0 aliphatic carbocycles. The van der Waals surface area contributed by atoms with E-state index in [-0.39, 0.29) is 5.91 Å². The van der Waals surface area contributed by atoms with Gasteiger partial charge in [0, 0.05) is 5.56 Å². The highest BCUT2D eigenvalue weighted by atomic mass is 35.5. The quantitative estimate of drug-likeness (QED) is 0.692. The highest BCUT2D eigenvalue weighted by Gasteiger charge is 2.10. The maximum absolute atomic E-state index is 12.0. The van der Waals surface area contributed by atoms with E-state index >= 15 is 0 Å². The number of nitrogens with one attached hydrogen (secondary N) is 1. The molecule has 0 unspecified atom stereocenters. The fourth-order valence-corrected chi connectivity index (χ4v) is 2.11. The largest absolute Gasteiger partial charge is 0.466 e. The summed E-state index contributed by atoms with van der Waals surface area (Å²) in [7, 11) is 0. The lowest BCUT2D eigenvalue weighted by Crippen LogP contribution is -2.19. The van der Waals surface area contributed by atoms with Gasteiger partial charge in [-0.25, -0.2) is 5.43 Å². The van der Waals surface area contributed by atoms with Crippen molar-refractivity contribution in [2.45, 2.75) is 20.8 Å². The molecule has 0 spiro atoms. The molecule has 1 N–H and O–H groups in total. The first kappa shape index (κ1) is 14.3. The zero-order chi connectivity index (χ0) is 14.7. The number of aryl methyl sites for hydroxylation is 2. The summed E-state index contributed by atoms with van der Waals surface area (Å²) in [6, 6.07) is 8.72. The third-order valence-electron chi connectivity index (χ3n) is 2.87. The summed E-state index contributed by atoms with van der Waals surface area (Å²) in [5, 5.41) is 4.48. The lowest BCUT2D eigenvalue weighted by atomic mass is 10.2. The SMILES string of the molecule is C/C(=N\NC(=O)c1ccccc1Cl)c1cc(C)oc1C. The van der Waals surface area contributed by atoms with Crippen molar-refractivity contribution < 1.29 is 9.21 Å². The topological polar surface area (TPSA) is 54.6 Å². The fraction of sp³-hybridized carbons (Fsp3) is 0.200. The predicted octanol–water partition coefficient (Wildman–Crippen LogP) is 3.70. The Bertz CT molecular complexity index is 674. The molecule has 1 heterocycles. The van der Waals surface area contributed by atoms with Crippen LogP contribution in [0.5, 0.6) is 0 Å². The van der Waals surface area contributed by atoms with E-state index in [1.807, 2.05) is 26.8 Å². The molecule has 0 aliphatic heterocycles. The molecule has 0 aliphatic rings. The Kier molecular flexibility index (Phi) is 4.25. The summed E-state index contributed by atoms with van der Waals surface area (Å²) in [4.78, 5) is 12.0. The monoisotopic (exact) mass is 290 g/mol. The first-order valence-electron chi connectivity index (χ1n) is 6.15. The lowest BCUT2D eigenvalue weighted by Gasteiger charge is -2.03. The molecule has 5 heteroatoms. The zero-order valence-electron chi connectivity index (χ0n) is 11.5. The smallest absolute Gasteiger partial charge is 0.272 e. The van der Waals surface area contributed by atoms with Gasteiger partial charge in [-0.15, -0.1) is 0 Å². The number of hydrazone groups is 1. The van der Waals surface area contributed by atoms with E-state index in [0.717, 1.165) is 17.1 Å². The molecular weight excluding hydrogens is 276 g/mol. The van der Waals surface area contributed by atoms with Gasteiger partial charge in [0.05, 0.1) is 16.3 Å². The molecule has 0 fully saturated rings. The molecule has 1 aromatic heterocycles. The van der Waals surface area contributed by atoms with Gasteiger partial charge in [-0.1, -0.05) is 23.7 Å². The first-order chi connectivity index (χ1) is 9.49. The Hall–Kier alpha value is -2.07. The van der Waals surface area contributed by atoms with Gasteiger partial charge < -0.3 is 4.42 Å². The summed E-state index contributed by atoms with van der Waals surface area (Å²) in [5.41, 5.74) is 4.45. The minimum atomic E-state index is -0.340. The zero-order valence-corrected chi connectivity index (χ0v) is 12.3. The van der Waals surface area contributed by atoms with Crippen molar-refractivity contribution in [2.75, 3.05) is 0 Å². The second kappa shape index (κ2) is 5.92. The van der Waals surface area contributed by atoms with Crippen molar-refractivity contribution in [3.63, 3.8) is 0 Å². The Labute approximate surface area is 122 Å². The van der Waals surface area contributed by atoms with Crippen molar-refractivity contribution in [1.82, 2.24) is 5.43 Å². The number of hydrogen-bond acceptors (Lipinski definition) is 3. The van der Waals surface area contributed by atoms with Gasteiger partial charge in [-0.2, -0.15) is 5.10 Å². The maximum Gasteiger partial charge on any atom is 0.272 e. The summed E-state index contributed by atoms with van der Waals surface area (Å²) in [5.74, 6) is 1.24. The van der Waals surface area contributed by atoms with Gasteiger partial charge in [0.25, 0.3) is 5.91 Å². The van der Waals surface area contributed by atoms with Crippen LogP contribution in [0.3, 0.4) is 0 Å². The van der Waals surface area contributed by atoms with Crippen molar-refractivity contribution in [3.8, 4) is 0 Å². The third kappa shape index (κ3) is 3.08. The first-order valence-corrected chi connectivity index (χ1v) is 6.53. The van der Waals surface area contributed by atoms with Gasteiger partial charge in [0.1, 0.15) is 11.5 Å². The molecule has 4 nitrogen and oxygen atoms in total. The number of rotatable bonds is 3. The molecule has 0 bridgehead atoms. The van der Waals surface area contributed by atoms with E-state index in [1.165, 1.54) is 0 Å². The molecular formula is C15H15ClN2O2. The van der Waals surface area contributed by atoms with Crippen LogP contribution in [0, 0.1) is 13.8 Å². The van der Waals surface area contributed by atoms with Gasteiger partial charge in [-0.05, 0) is 39.0 Å². The van der Waals surface area contributed by atoms with Crippen LogP contribution in [0.1, 0.15) is 34.4 Å². The number of nitrogens with zero attached hydrogens (tertiary/aromatic N) is 1. The Balaban J connectivity index is 2.15. The summed E-state index contributed by atoms with van der Waals surface area (Å²) < 4.78 is 5.43. The molecule has 20 heavy (non-hydrogen) atoms. The van der Waals surface area contributed by atoms with E-state index < -0.39 is 0 Å². The van der Waals surface area contributed by atoms with Crippen LogP contribution in [0.25, 0.3) is 0 Å². The van der Waals surface area contributed by atoms with E-state index in [4.69, 9.17) is 16.0 Å². The van der Waals surface area contributed by atoms with Gasteiger partial charge in [0.2, 0.25) is 0 Å². The standard InChI is InChI=1S/C15H15ClN2O2/c1-9-8-13(11(3)20-9)10(2)17-18-15(19)12-6-4-5-7-14(12)16/h4-8H,1-3H3,(H,18,19)/b17-10+. The summed E-state index contributed by atoms with van der Waals surface area (Å²) in [6.07, 6.45) is 0. The molecule has 0 saturated heterocycles. The normalized spacial score (nSPS) is 11.5. The molecule has 1 amide bonds. The summed E-state index contributed by atoms with van der Waals surface area (Å²) >= 11 is 5.96. The average Bonchev–Trinajstić information content (AvgIpc) is 2.75. The number of furan rings is 1. The van der Waals surface area contributed by atoms with Crippen molar-refractivity contribution in [3.05, 3.63) is 58.0 Å². The number of benzene rings is 1. The van der Waals surface area contributed by atoms with E-state index in [9.17, 15) is 4.79 Å². The van der Waals surface area contributed by atoms with Crippen LogP contribution in [0.2, 0.25) is 5.02 Å². The molecule has 2 aromatic rings. The number of hydrogen-bond donors (Lipinski definition) is 1. The lowest BCUT2D eigenvalue weighted by molar-refractivity contribution is 0.0955. The molecule has 2 rings (SSSR count). The van der Waals surface area contributed by atoms with Crippen molar-refractivity contribution in [1.29, 1.82) is 0 Å². The second-order valence-electron chi connectivity index (χ2n) is 4.44. The van der Waals surface area contributed by atoms with Crippen LogP contribution < -0.4 is 5.43 Å². The predicted molar refractivity (Wildman–Crippen MR) is 79.3 cm³/mol. The Morgan fingerprint density at radius 1 is 1.25 bits per heavy atom. The molecule has 1 aromatic carbocycles. The number of carbonyl (C=O) groups excluding carboxylic acids is 1. The molecule has 0 atom stereocenters. The second-order valence-corrected chi connectivity index (χ2v) is 4.85. The van der Waals surface area contributed by atoms with Crippen molar-refractivity contribution in [2.24, 2.45) is 5.10 Å². The maximum atomic E-state index is 12.0. The van der Waals surface area contributed by atoms with Crippen molar-refractivity contribution >= 4 is 23.2 Å². The van der Waals surface area contributed by atoms with Crippen LogP contribution in [-0.2, 0) is 0 Å². The van der Waals surface area contributed by atoms with E-state index in [2.05, 4.69) is 10.5 Å². The molecule has 104 valence electrons. The Morgan fingerprint density at radius 3 is 2.55 bits per heavy atom. The highest BCUT2D eigenvalue weighted by molar-refractivity contribution is 6.33. The van der Waals surface area contributed by atoms with E-state index in [1.54, 1.807) is 24.3 Å². The van der Waals surface area contributed by atoms with Crippen LogP contribution in [-0.4, -0.2) is 11.6 Å². The minimum absolute atomic E-state index is 0.340. The van der Waals surface area contributed by atoms with Gasteiger partial charge in [0.15, 0.2) is 0 Å². The average molecular weight is 291 g/mol. The molecule has 0 saturated carbocycles. The van der Waals surface area contributed by atoms with Crippen LogP contribution in [0.15, 0.2) is 39.9 Å². The van der Waals surface area contributed by atoms with Gasteiger partial charge in [-0.3, -0.25) is 4.79 Å². The number of carbonyl (C=O) groups is 1. The fourth-order valence-electron chi connectivity index (χ4n) is 1.89. The highest BCUT2D eigenvalue weighted by Crippen LogP contribution is 2.16. The molecule has 0 radical (unpaired) electrons. The minimum Gasteiger partial charge on any atom is -0.466 e. The number of amides is 1. The van der Waals surface area contributed by atoms with Crippen LogP contribution >= 0.6 is 11.6 Å². The van der Waals surface area contributed by atoms with Crippen LogP contribution in [0.4, 0.5) is 0 Å². The third-order valence-corrected chi connectivity index (χ3v) is 3.20. The number of halogens is 1. The van der Waals surface area contributed by atoms with E-state index in [0.29, 0.717) is 16.3 Å². The Morgan fingerprint density at radius 2 is 1.95 bits per heavy atom. The van der Waals surface area contributed by atoms with Gasteiger partial charge >= 0.3 is 0 Å². The summed E-state index contributed by atoms with van der Waals surface area (Å²) in [6.45, 7) is 5.54.